The molecule has 0 spiro atoms. The molecule has 1 heterocycles. The molecule has 0 amide bonds. The first kappa shape index (κ1) is 12.6. The maximum absolute atomic E-state index is 6.06. The molecule has 1 fully saturated rings. The van der Waals surface area contributed by atoms with E-state index in [1.807, 2.05) is 0 Å². The number of halogens is 2. The molecule has 1 N–H and O–H groups in total. The first-order valence-electron chi connectivity index (χ1n) is 5.50. The fourth-order valence-electron chi connectivity index (χ4n) is 1.91. The van der Waals surface area contributed by atoms with Crippen molar-refractivity contribution in [1.82, 2.24) is 5.32 Å². The Kier molecular flexibility index (Phi) is 4.17. The highest BCUT2D eigenvalue weighted by Gasteiger charge is 2.25. The Morgan fingerprint density at radius 3 is 2.94 bits per heavy atom. The lowest BCUT2D eigenvalue weighted by Gasteiger charge is -2.20. The zero-order valence-corrected chi connectivity index (χ0v) is 10.8. The number of ether oxygens (including phenoxy) is 1. The number of rotatable bonds is 3. The minimum Gasteiger partial charge on any atom is -0.476 e. The van der Waals surface area contributed by atoms with Crippen molar-refractivity contribution in [2.75, 3.05) is 13.1 Å². The van der Waals surface area contributed by atoms with Gasteiger partial charge in [-0.3, -0.25) is 0 Å². The standard InChI is InChI=1S/C13H13Cl2NO/c1-2-11(9-6-7-16-8-9)17-12-5-3-4-10(14)13(12)15/h1,3-5,9,11,16H,6-8H2/t9?,11-/m1/s1. The number of terminal acetylenes is 1. The average molecular weight is 270 g/mol. The van der Waals surface area contributed by atoms with Crippen molar-refractivity contribution in [3.8, 4) is 18.1 Å². The van der Waals surface area contributed by atoms with Gasteiger partial charge in [0.15, 0.2) is 6.10 Å². The predicted octanol–water partition coefficient (Wildman–Crippen LogP) is 2.98. The van der Waals surface area contributed by atoms with Gasteiger partial charge in [0.2, 0.25) is 0 Å². The van der Waals surface area contributed by atoms with E-state index in [1.54, 1.807) is 18.2 Å². The van der Waals surface area contributed by atoms with Crippen molar-refractivity contribution in [2.45, 2.75) is 12.5 Å². The van der Waals surface area contributed by atoms with Crippen LogP contribution in [0.15, 0.2) is 18.2 Å². The Bertz CT molecular complexity index is 436. The highest BCUT2D eigenvalue weighted by atomic mass is 35.5. The summed E-state index contributed by atoms with van der Waals surface area (Å²) in [6, 6.07) is 5.30. The molecule has 0 radical (unpaired) electrons. The minimum atomic E-state index is -0.263. The number of benzene rings is 1. The zero-order valence-electron chi connectivity index (χ0n) is 9.25. The second-order valence-electron chi connectivity index (χ2n) is 4.01. The van der Waals surface area contributed by atoms with E-state index in [9.17, 15) is 0 Å². The van der Waals surface area contributed by atoms with Crippen LogP contribution in [-0.2, 0) is 0 Å². The van der Waals surface area contributed by atoms with E-state index >= 15 is 0 Å². The van der Waals surface area contributed by atoms with Gasteiger partial charge in [-0.2, -0.15) is 0 Å². The fourth-order valence-corrected chi connectivity index (χ4v) is 2.25. The van der Waals surface area contributed by atoms with Crippen LogP contribution in [0.4, 0.5) is 0 Å². The molecule has 0 aromatic heterocycles. The van der Waals surface area contributed by atoms with Crippen molar-refractivity contribution in [2.24, 2.45) is 5.92 Å². The molecule has 0 bridgehead atoms. The van der Waals surface area contributed by atoms with Crippen molar-refractivity contribution in [3.63, 3.8) is 0 Å². The number of hydrogen-bond acceptors (Lipinski definition) is 2. The summed E-state index contributed by atoms with van der Waals surface area (Å²) < 4.78 is 5.77. The maximum atomic E-state index is 6.06. The van der Waals surface area contributed by atoms with E-state index in [1.165, 1.54) is 0 Å². The summed E-state index contributed by atoms with van der Waals surface area (Å²) in [5.74, 6) is 3.55. The molecule has 4 heteroatoms. The molecule has 90 valence electrons. The lowest BCUT2D eigenvalue weighted by Crippen LogP contribution is -2.27. The quantitative estimate of drug-likeness (QED) is 0.852. The Morgan fingerprint density at radius 1 is 1.47 bits per heavy atom. The third-order valence-corrected chi connectivity index (χ3v) is 3.66. The molecule has 2 rings (SSSR count). The maximum Gasteiger partial charge on any atom is 0.163 e. The van der Waals surface area contributed by atoms with Crippen LogP contribution in [0.25, 0.3) is 0 Å². The molecule has 1 aliphatic rings. The molecular weight excluding hydrogens is 257 g/mol. The molecule has 0 aliphatic carbocycles. The SMILES string of the molecule is C#C[C@@H](Oc1cccc(Cl)c1Cl)C1CCNC1. The second-order valence-corrected chi connectivity index (χ2v) is 4.80. The summed E-state index contributed by atoms with van der Waals surface area (Å²) in [6.45, 7) is 1.86. The van der Waals surface area contributed by atoms with E-state index in [2.05, 4.69) is 11.2 Å². The molecule has 2 nitrogen and oxygen atoms in total. The smallest absolute Gasteiger partial charge is 0.163 e. The molecule has 2 atom stereocenters. The molecular formula is C13H13Cl2NO. The van der Waals surface area contributed by atoms with Crippen LogP contribution in [0.3, 0.4) is 0 Å². The third kappa shape index (κ3) is 2.87. The fraction of sp³-hybridized carbons (Fsp3) is 0.385. The van der Waals surface area contributed by atoms with Crippen LogP contribution in [0.2, 0.25) is 10.0 Å². The molecule has 0 saturated carbocycles. The molecule has 1 unspecified atom stereocenters. The van der Waals surface area contributed by atoms with Crippen LogP contribution in [0.1, 0.15) is 6.42 Å². The summed E-state index contributed by atoms with van der Waals surface area (Å²) in [5, 5.41) is 4.16. The summed E-state index contributed by atoms with van der Waals surface area (Å²) in [6.07, 6.45) is 6.27. The average Bonchev–Trinajstić information content (AvgIpc) is 2.85. The Balaban J connectivity index is 2.13. The number of hydrogen-bond donors (Lipinski definition) is 1. The van der Waals surface area contributed by atoms with E-state index in [4.69, 9.17) is 34.4 Å². The Hall–Kier alpha value is -0.880. The van der Waals surface area contributed by atoms with E-state index in [0.717, 1.165) is 19.5 Å². The molecule has 1 aromatic carbocycles. The van der Waals surface area contributed by atoms with E-state index < -0.39 is 0 Å². The largest absolute Gasteiger partial charge is 0.476 e. The predicted molar refractivity (Wildman–Crippen MR) is 70.7 cm³/mol. The van der Waals surface area contributed by atoms with Crippen LogP contribution >= 0.6 is 23.2 Å². The van der Waals surface area contributed by atoms with Crippen LogP contribution < -0.4 is 10.1 Å². The van der Waals surface area contributed by atoms with Crippen LogP contribution in [0, 0.1) is 18.3 Å². The first-order chi connectivity index (χ1) is 8.22. The molecule has 1 saturated heterocycles. The van der Waals surface area contributed by atoms with Crippen molar-refractivity contribution in [3.05, 3.63) is 28.2 Å². The van der Waals surface area contributed by atoms with Gasteiger partial charge in [0, 0.05) is 12.5 Å². The van der Waals surface area contributed by atoms with Gasteiger partial charge in [-0.1, -0.05) is 35.2 Å². The Labute approximate surface area is 111 Å². The van der Waals surface area contributed by atoms with Gasteiger partial charge in [0.05, 0.1) is 5.02 Å². The topological polar surface area (TPSA) is 21.3 Å². The molecule has 1 aliphatic heterocycles. The van der Waals surface area contributed by atoms with Gasteiger partial charge in [0.25, 0.3) is 0 Å². The van der Waals surface area contributed by atoms with Gasteiger partial charge in [-0.15, -0.1) is 6.42 Å². The normalized spacial score (nSPS) is 20.9. The lowest BCUT2D eigenvalue weighted by molar-refractivity contribution is 0.197. The first-order valence-corrected chi connectivity index (χ1v) is 6.25. The molecule has 1 aromatic rings. The van der Waals surface area contributed by atoms with Crippen molar-refractivity contribution in [1.29, 1.82) is 0 Å². The van der Waals surface area contributed by atoms with Gasteiger partial charge in [-0.25, -0.2) is 0 Å². The lowest BCUT2D eigenvalue weighted by atomic mass is 10.0. The minimum absolute atomic E-state index is 0.263. The van der Waals surface area contributed by atoms with Crippen LogP contribution in [-0.4, -0.2) is 19.2 Å². The van der Waals surface area contributed by atoms with Gasteiger partial charge in [0.1, 0.15) is 10.8 Å². The van der Waals surface area contributed by atoms with Crippen LogP contribution in [0.5, 0.6) is 5.75 Å². The van der Waals surface area contributed by atoms with Gasteiger partial charge >= 0.3 is 0 Å². The summed E-state index contributed by atoms with van der Waals surface area (Å²) in [4.78, 5) is 0. The van der Waals surface area contributed by atoms with Crippen molar-refractivity contribution < 1.29 is 4.74 Å². The highest BCUT2D eigenvalue weighted by molar-refractivity contribution is 6.42. The van der Waals surface area contributed by atoms with Gasteiger partial charge in [-0.05, 0) is 25.1 Å². The van der Waals surface area contributed by atoms with Crippen molar-refractivity contribution >= 4 is 23.2 Å². The summed E-state index contributed by atoms with van der Waals surface area (Å²) in [5.41, 5.74) is 0. The third-order valence-electron chi connectivity index (χ3n) is 2.86. The molecule has 17 heavy (non-hydrogen) atoms. The van der Waals surface area contributed by atoms with E-state index in [0.29, 0.717) is 21.7 Å². The summed E-state index contributed by atoms with van der Waals surface area (Å²) >= 11 is 12.0. The van der Waals surface area contributed by atoms with Gasteiger partial charge < -0.3 is 10.1 Å². The highest BCUT2D eigenvalue weighted by Crippen LogP contribution is 2.33. The Morgan fingerprint density at radius 2 is 2.29 bits per heavy atom. The van der Waals surface area contributed by atoms with E-state index in [-0.39, 0.29) is 6.10 Å². The zero-order chi connectivity index (χ0) is 12.3. The number of nitrogens with one attached hydrogen (secondary N) is 1. The summed E-state index contributed by atoms with van der Waals surface area (Å²) in [7, 11) is 0. The monoisotopic (exact) mass is 269 g/mol. The second kappa shape index (κ2) is 5.64.